The number of nitrogen functional groups attached to an aromatic ring is 1. The van der Waals surface area contributed by atoms with Crippen LogP contribution in [0.1, 0.15) is 26.5 Å². The van der Waals surface area contributed by atoms with Crippen molar-refractivity contribution in [1.82, 2.24) is 9.97 Å². The Morgan fingerprint density at radius 3 is 2.65 bits per heavy atom. The second-order valence-electron chi connectivity index (χ2n) is 4.65. The Hall–Kier alpha value is -2.27. The number of nitrogens with two attached hydrogens (primary N) is 1. The Morgan fingerprint density at radius 2 is 1.95 bits per heavy atom. The summed E-state index contributed by atoms with van der Waals surface area (Å²) in [4.78, 5) is 22.3. The van der Waals surface area contributed by atoms with Gasteiger partial charge in [0.15, 0.2) is 0 Å². The third kappa shape index (κ3) is 1.96. The molecular weight excluding hydrogens is 270 g/mol. The Morgan fingerprint density at radius 1 is 1.25 bits per heavy atom. The van der Waals surface area contributed by atoms with Gasteiger partial charge in [-0.1, -0.05) is 0 Å². The van der Waals surface area contributed by atoms with Crippen LogP contribution in [0.4, 0.5) is 5.69 Å². The molecule has 0 amide bonds. The summed E-state index contributed by atoms with van der Waals surface area (Å²) in [7, 11) is 0. The summed E-state index contributed by atoms with van der Waals surface area (Å²) in [5.41, 5.74) is 9.27. The van der Waals surface area contributed by atoms with Crippen LogP contribution in [0.15, 0.2) is 30.6 Å². The molecule has 3 aromatic heterocycles. The second kappa shape index (κ2) is 4.68. The van der Waals surface area contributed by atoms with Gasteiger partial charge in [0.05, 0.1) is 5.69 Å². The van der Waals surface area contributed by atoms with Crippen LogP contribution in [0.5, 0.6) is 0 Å². The first kappa shape index (κ1) is 12.7. The van der Waals surface area contributed by atoms with Crippen molar-refractivity contribution in [3.8, 4) is 0 Å². The van der Waals surface area contributed by atoms with Crippen molar-refractivity contribution in [2.45, 2.75) is 13.8 Å². The molecule has 5 heteroatoms. The Balaban J connectivity index is 2.18. The third-order valence-corrected chi connectivity index (χ3v) is 4.43. The van der Waals surface area contributed by atoms with E-state index in [1.807, 2.05) is 19.9 Å². The number of aromatic nitrogens is 2. The number of rotatable bonds is 2. The average Bonchev–Trinajstić information content (AvgIpc) is 2.77. The van der Waals surface area contributed by atoms with Crippen molar-refractivity contribution in [3.05, 3.63) is 52.3 Å². The van der Waals surface area contributed by atoms with Gasteiger partial charge in [-0.05, 0) is 37.6 Å². The molecule has 100 valence electrons. The van der Waals surface area contributed by atoms with Crippen LogP contribution in [-0.4, -0.2) is 15.8 Å². The lowest BCUT2D eigenvalue weighted by molar-refractivity contribution is 0.104. The van der Waals surface area contributed by atoms with E-state index in [4.69, 9.17) is 5.73 Å². The zero-order chi connectivity index (χ0) is 14.3. The Bertz CT molecular complexity index is 809. The van der Waals surface area contributed by atoms with Gasteiger partial charge in [0, 0.05) is 29.0 Å². The van der Waals surface area contributed by atoms with Crippen LogP contribution in [-0.2, 0) is 0 Å². The molecule has 0 aromatic carbocycles. The third-order valence-electron chi connectivity index (χ3n) is 3.31. The number of hydrogen-bond acceptors (Lipinski definition) is 5. The zero-order valence-corrected chi connectivity index (χ0v) is 12.0. The zero-order valence-electron chi connectivity index (χ0n) is 11.2. The van der Waals surface area contributed by atoms with E-state index < -0.39 is 0 Å². The fourth-order valence-corrected chi connectivity index (χ4v) is 3.12. The van der Waals surface area contributed by atoms with Crippen LogP contribution >= 0.6 is 11.3 Å². The van der Waals surface area contributed by atoms with E-state index in [-0.39, 0.29) is 5.78 Å². The molecule has 0 aliphatic carbocycles. The smallest absolute Gasteiger partial charge is 0.205 e. The van der Waals surface area contributed by atoms with Crippen LogP contribution in [0.25, 0.3) is 10.2 Å². The van der Waals surface area contributed by atoms with Crippen LogP contribution < -0.4 is 5.73 Å². The largest absolute Gasteiger partial charge is 0.397 e. The molecule has 0 saturated heterocycles. The summed E-state index contributed by atoms with van der Waals surface area (Å²) in [6.07, 6.45) is 3.20. The minimum atomic E-state index is -0.0804. The molecular formula is C15H13N3OS. The lowest BCUT2D eigenvalue weighted by atomic mass is 10.1. The highest BCUT2D eigenvalue weighted by Gasteiger charge is 2.19. The van der Waals surface area contributed by atoms with Gasteiger partial charge in [0.1, 0.15) is 9.71 Å². The van der Waals surface area contributed by atoms with Crippen LogP contribution in [0.2, 0.25) is 0 Å². The summed E-state index contributed by atoms with van der Waals surface area (Å²) in [5.74, 6) is -0.0804. The molecule has 0 bridgehead atoms. The lowest BCUT2D eigenvalue weighted by Gasteiger charge is -2.00. The average molecular weight is 283 g/mol. The molecule has 0 atom stereocenters. The van der Waals surface area contributed by atoms with Gasteiger partial charge >= 0.3 is 0 Å². The molecule has 4 nitrogen and oxygen atoms in total. The molecule has 0 aliphatic heterocycles. The normalized spacial score (nSPS) is 10.9. The molecule has 2 N–H and O–H groups in total. The van der Waals surface area contributed by atoms with Gasteiger partial charge < -0.3 is 5.73 Å². The molecule has 3 rings (SSSR count). The molecule has 3 heterocycles. The maximum atomic E-state index is 12.5. The van der Waals surface area contributed by atoms with Crippen molar-refractivity contribution >= 4 is 33.0 Å². The number of pyridine rings is 2. The van der Waals surface area contributed by atoms with Gasteiger partial charge in [0.25, 0.3) is 0 Å². The van der Waals surface area contributed by atoms with E-state index in [0.29, 0.717) is 16.1 Å². The maximum absolute atomic E-state index is 12.5. The molecule has 0 unspecified atom stereocenters. The number of ketones is 1. The Kier molecular flexibility index (Phi) is 2.99. The van der Waals surface area contributed by atoms with Crippen molar-refractivity contribution in [3.63, 3.8) is 0 Å². The first-order valence-corrected chi connectivity index (χ1v) is 7.00. The van der Waals surface area contributed by atoms with E-state index in [1.54, 1.807) is 24.5 Å². The number of carbonyl (C=O) groups excluding carboxylic acids is 1. The van der Waals surface area contributed by atoms with Gasteiger partial charge in [-0.25, -0.2) is 4.98 Å². The van der Waals surface area contributed by atoms with E-state index in [9.17, 15) is 4.79 Å². The number of anilines is 1. The molecule has 20 heavy (non-hydrogen) atoms. The predicted molar refractivity (Wildman–Crippen MR) is 81.2 cm³/mol. The van der Waals surface area contributed by atoms with E-state index in [2.05, 4.69) is 9.97 Å². The van der Waals surface area contributed by atoms with E-state index in [0.717, 1.165) is 21.5 Å². The van der Waals surface area contributed by atoms with Gasteiger partial charge in [-0.15, -0.1) is 11.3 Å². The number of aryl methyl sites for hydroxylation is 2. The highest BCUT2D eigenvalue weighted by Crippen LogP contribution is 2.34. The number of thiophene rings is 1. The van der Waals surface area contributed by atoms with E-state index in [1.165, 1.54) is 11.3 Å². The number of fused-ring (bicyclic) bond motifs is 1. The van der Waals surface area contributed by atoms with Crippen molar-refractivity contribution < 1.29 is 4.79 Å². The summed E-state index contributed by atoms with van der Waals surface area (Å²) in [6, 6.07) is 5.37. The molecule has 3 aromatic rings. The quantitative estimate of drug-likeness (QED) is 0.734. The van der Waals surface area contributed by atoms with Gasteiger partial charge in [-0.3, -0.25) is 9.78 Å². The highest BCUT2D eigenvalue weighted by atomic mass is 32.1. The van der Waals surface area contributed by atoms with Gasteiger partial charge in [-0.2, -0.15) is 0 Å². The number of carbonyl (C=O) groups is 1. The first-order chi connectivity index (χ1) is 9.58. The fraction of sp³-hybridized carbons (Fsp3) is 0.133. The monoisotopic (exact) mass is 283 g/mol. The highest BCUT2D eigenvalue weighted by molar-refractivity contribution is 7.21. The van der Waals surface area contributed by atoms with Gasteiger partial charge in [0.2, 0.25) is 5.78 Å². The molecule has 0 saturated carbocycles. The summed E-state index contributed by atoms with van der Waals surface area (Å²) in [5, 5.41) is 0.857. The van der Waals surface area contributed by atoms with Crippen molar-refractivity contribution in [2.75, 3.05) is 5.73 Å². The van der Waals surface area contributed by atoms with Crippen LogP contribution in [0, 0.1) is 13.8 Å². The predicted octanol–water partition coefficient (Wildman–Crippen LogP) is 3.12. The minimum absolute atomic E-state index is 0.0804. The summed E-state index contributed by atoms with van der Waals surface area (Å²) in [6.45, 7) is 3.94. The lowest BCUT2D eigenvalue weighted by Crippen LogP contribution is -2.01. The second-order valence-corrected chi connectivity index (χ2v) is 5.65. The topological polar surface area (TPSA) is 68.9 Å². The standard InChI is InChI=1S/C15H13N3OS/c1-8-7-11-12(16)14(20-15(11)18-9(8)2)13(19)10-3-5-17-6-4-10/h3-7H,16H2,1-2H3. The Labute approximate surface area is 120 Å². The molecule has 0 aliphatic rings. The number of nitrogens with zero attached hydrogens (tertiary/aromatic N) is 2. The maximum Gasteiger partial charge on any atom is 0.205 e. The molecule has 0 spiro atoms. The fourth-order valence-electron chi connectivity index (χ4n) is 2.03. The SMILES string of the molecule is Cc1cc2c(N)c(C(=O)c3ccncc3)sc2nc1C. The summed E-state index contributed by atoms with van der Waals surface area (Å²) < 4.78 is 0. The minimum Gasteiger partial charge on any atom is -0.397 e. The van der Waals surface area contributed by atoms with Crippen molar-refractivity contribution in [1.29, 1.82) is 0 Å². The molecule has 0 fully saturated rings. The van der Waals surface area contributed by atoms with E-state index >= 15 is 0 Å². The van der Waals surface area contributed by atoms with Crippen LogP contribution in [0.3, 0.4) is 0 Å². The first-order valence-electron chi connectivity index (χ1n) is 6.19. The van der Waals surface area contributed by atoms with Crippen molar-refractivity contribution in [2.24, 2.45) is 0 Å². The molecule has 0 radical (unpaired) electrons. The summed E-state index contributed by atoms with van der Waals surface area (Å²) >= 11 is 1.34. The number of hydrogen-bond donors (Lipinski definition) is 1.